The smallest absolute Gasteiger partial charge is 0.433 e. The Morgan fingerprint density at radius 1 is 0.917 bits per heavy atom. The van der Waals surface area contributed by atoms with Gasteiger partial charge in [0, 0.05) is 0 Å². The van der Waals surface area contributed by atoms with Crippen LogP contribution in [0, 0.1) is 0 Å². The van der Waals surface area contributed by atoms with Gasteiger partial charge in [-0.1, -0.05) is 59.8 Å². The first-order chi connectivity index (χ1) is 10.8. The summed E-state index contributed by atoms with van der Waals surface area (Å²) < 4.78 is 11.8. The molecule has 0 heterocycles. The Labute approximate surface area is 151 Å². The van der Waals surface area contributed by atoms with Crippen molar-refractivity contribution in [1.29, 1.82) is 0 Å². The van der Waals surface area contributed by atoms with E-state index >= 15 is 0 Å². The highest BCUT2D eigenvalue weighted by Gasteiger charge is 2.41. The predicted octanol–water partition coefficient (Wildman–Crippen LogP) is 6.52. The van der Waals surface area contributed by atoms with Crippen LogP contribution in [0.5, 0.6) is 0 Å². The first-order valence-corrected chi connectivity index (χ1v) is 12.4. The van der Waals surface area contributed by atoms with Gasteiger partial charge in [-0.3, -0.25) is 0 Å². The average Bonchev–Trinajstić information content (AvgIpc) is 2.37. The van der Waals surface area contributed by atoms with E-state index in [0.29, 0.717) is 6.54 Å². The predicted molar refractivity (Wildman–Crippen MR) is 105 cm³/mol. The van der Waals surface area contributed by atoms with Crippen molar-refractivity contribution in [2.45, 2.75) is 111 Å². The SMILES string of the molecule is CCCCCCCCN(O[Si](C)(C)C(C)(C)C)C(=O)OC(C)(C)C. The molecule has 0 bridgehead atoms. The fraction of sp³-hybridized carbons (Fsp3) is 0.947. The summed E-state index contributed by atoms with van der Waals surface area (Å²) in [5.41, 5.74) is -0.507. The molecule has 0 radical (unpaired) electrons. The molecule has 0 aromatic rings. The molecule has 144 valence electrons. The Hall–Kier alpha value is -0.553. The lowest BCUT2D eigenvalue weighted by atomic mass is 10.1. The molecule has 0 unspecified atom stereocenters. The van der Waals surface area contributed by atoms with Crippen molar-refractivity contribution >= 4 is 14.4 Å². The monoisotopic (exact) mass is 359 g/mol. The largest absolute Gasteiger partial charge is 0.442 e. The van der Waals surface area contributed by atoms with E-state index in [9.17, 15) is 4.79 Å². The van der Waals surface area contributed by atoms with Gasteiger partial charge in [0.05, 0.1) is 6.54 Å². The van der Waals surface area contributed by atoms with Gasteiger partial charge in [-0.15, -0.1) is 0 Å². The standard InChI is InChI=1S/C19H41NO3Si/c1-10-11-12-13-14-15-16-20(17(21)22-18(2,3)4)23-24(8,9)19(5,6)7/h10-16H2,1-9H3. The van der Waals surface area contributed by atoms with Crippen molar-refractivity contribution in [2.24, 2.45) is 0 Å². The zero-order valence-electron chi connectivity index (χ0n) is 17.6. The molecule has 0 spiro atoms. The third kappa shape index (κ3) is 9.67. The van der Waals surface area contributed by atoms with Crippen LogP contribution in [0.3, 0.4) is 0 Å². The molecule has 24 heavy (non-hydrogen) atoms. The highest BCUT2D eigenvalue weighted by molar-refractivity contribution is 6.74. The molecule has 1 amide bonds. The number of hydrogen-bond donors (Lipinski definition) is 0. The molecule has 0 aromatic heterocycles. The minimum absolute atomic E-state index is 0.0500. The first kappa shape index (κ1) is 23.4. The Kier molecular flexibility index (Phi) is 9.58. The molecular weight excluding hydrogens is 318 g/mol. The highest BCUT2D eigenvalue weighted by Crippen LogP contribution is 2.37. The summed E-state index contributed by atoms with van der Waals surface area (Å²) in [5.74, 6) is 0. The van der Waals surface area contributed by atoms with Crippen LogP contribution in [-0.2, 0) is 9.26 Å². The van der Waals surface area contributed by atoms with Gasteiger partial charge in [-0.25, -0.2) is 4.79 Å². The van der Waals surface area contributed by atoms with Crippen molar-refractivity contribution in [3.63, 3.8) is 0 Å². The second-order valence-electron chi connectivity index (χ2n) is 9.20. The second kappa shape index (κ2) is 9.81. The lowest BCUT2D eigenvalue weighted by molar-refractivity contribution is -0.0825. The minimum atomic E-state index is -2.06. The van der Waals surface area contributed by atoms with Gasteiger partial charge in [0.15, 0.2) is 0 Å². The number of ether oxygens (including phenoxy) is 1. The van der Waals surface area contributed by atoms with Gasteiger partial charge in [-0.2, -0.15) is 5.06 Å². The molecule has 5 heteroatoms. The molecule has 0 fully saturated rings. The van der Waals surface area contributed by atoms with E-state index in [-0.39, 0.29) is 11.1 Å². The maximum Gasteiger partial charge on any atom is 0.433 e. The first-order valence-electron chi connectivity index (χ1n) is 9.50. The summed E-state index contributed by atoms with van der Waals surface area (Å²) in [6.07, 6.45) is 6.75. The maximum atomic E-state index is 12.5. The summed E-state index contributed by atoms with van der Waals surface area (Å²) in [6, 6.07) is 0. The Balaban J connectivity index is 4.75. The zero-order chi connectivity index (χ0) is 19.0. The van der Waals surface area contributed by atoms with E-state index in [1.165, 1.54) is 30.7 Å². The van der Waals surface area contributed by atoms with Crippen LogP contribution in [0.15, 0.2) is 0 Å². The summed E-state index contributed by atoms with van der Waals surface area (Å²) >= 11 is 0. The highest BCUT2D eigenvalue weighted by atomic mass is 28.4. The normalized spacial score (nSPS) is 13.0. The maximum absolute atomic E-state index is 12.5. The van der Waals surface area contributed by atoms with Crippen molar-refractivity contribution in [3.8, 4) is 0 Å². The zero-order valence-corrected chi connectivity index (χ0v) is 18.6. The fourth-order valence-electron chi connectivity index (χ4n) is 1.94. The van der Waals surface area contributed by atoms with Gasteiger partial charge in [0.1, 0.15) is 5.60 Å². The number of unbranched alkanes of at least 4 members (excludes halogenated alkanes) is 5. The number of hydroxylamine groups is 2. The molecule has 0 saturated carbocycles. The van der Waals surface area contributed by atoms with E-state index in [2.05, 4.69) is 40.8 Å². The number of hydrogen-bond acceptors (Lipinski definition) is 3. The fourth-order valence-corrected chi connectivity index (χ4v) is 2.93. The van der Waals surface area contributed by atoms with Crippen LogP contribution in [0.2, 0.25) is 18.1 Å². The van der Waals surface area contributed by atoms with Gasteiger partial charge < -0.3 is 9.26 Å². The number of carbonyl (C=O) groups is 1. The van der Waals surface area contributed by atoms with Crippen molar-refractivity contribution < 1.29 is 14.1 Å². The van der Waals surface area contributed by atoms with E-state index < -0.39 is 13.9 Å². The molecule has 0 saturated heterocycles. The molecule has 0 aliphatic carbocycles. The van der Waals surface area contributed by atoms with E-state index in [1.807, 2.05) is 20.8 Å². The topological polar surface area (TPSA) is 38.8 Å². The molecule has 0 aromatic carbocycles. The van der Waals surface area contributed by atoms with Gasteiger partial charge >= 0.3 is 6.09 Å². The molecule has 0 atom stereocenters. The molecule has 0 rings (SSSR count). The van der Waals surface area contributed by atoms with E-state index in [4.69, 9.17) is 9.26 Å². The van der Waals surface area contributed by atoms with E-state index in [0.717, 1.165) is 12.8 Å². The third-order valence-electron chi connectivity index (χ3n) is 4.46. The molecule has 0 aliphatic rings. The quantitative estimate of drug-likeness (QED) is 0.267. The minimum Gasteiger partial charge on any atom is -0.442 e. The summed E-state index contributed by atoms with van der Waals surface area (Å²) in [6.45, 7) is 19.3. The number of rotatable bonds is 9. The Bertz CT molecular complexity index is 370. The Morgan fingerprint density at radius 3 is 1.88 bits per heavy atom. The van der Waals surface area contributed by atoms with Gasteiger partial charge in [0.25, 0.3) is 0 Å². The van der Waals surface area contributed by atoms with Gasteiger partial charge in [-0.05, 0) is 45.3 Å². The van der Waals surface area contributed by atoms with Crippen LogP contribution >= 0.6 is 0 Å². The number of nitrogens with zero attached hydrogens (tertiary/aromatic N) is 1. The molecule has 0 N–H and O–H groups in total. The summed E-state index contributed by atoms with van der Waals surface area (Å²) in [5, 5.41) is 1.54. The number of amides is 1. The average molecular weight is 360 g/mol. The summed E-state index contributed by atoms with van der Waals surface area (Å²) in [7, 11) is -2.06. The van der Waals surface area contributed by atoms with Crippen LogP contribution in [-0.4, -0.2) is 31.6 Å². The lowest BCUT2D eigenvalue weighted by Crippen LogP contribution is -2.50. The Morgan fingerprint density at radius 2 is 1.42 bits per heavy atom. The molecule has 0 aliphatic heterocycles. The van der Waals surface area contributed by atoms with Crippen LogP contribution in [0.1, 0.15) is 87.0 Å². The molecule has 4 nitrogen and oxygen atoms in total. The number of carbonyl (C=O) groups excluding carboxylic acids is 1. The van der Waals surface area contributed by atoms with Crippen molar-refractivity contribution in [2.75, 3.05) is 6.54 Å². The third-order valence-corrected chi connectivity index (χ3v) is 8.75. The van der Waals surface area contributed by atoms with Crippen LogP contribution < -0.4 is 0 Å². The van der Waals surface area contributed by atoms with Crippen LogP contribution in [0.25, 0.3) is 0 Å². The van der Waals surface area contributed by atoms with Crippen LogP contribution in [0.4, 0.5) is 4.79 Å². The molecular formula is C19H41NO3Si. The van der Waals surface area contributed by atoms with E-state index in [1.54, 1.807) is 0 Å². The van der Waals surface area contributed by atoms with Crippen molar-refractivity contribution in [3.05, 3.63) is 0 Å². The lowest BCUT2D eigenvalue weighted by Gasteiger charge is -2.39. The van der Waals surface area contributed by atoms with Crippen molar-refractivity contribution in [1.82, 2.24) is 5.06 Å². The summed E-state index contributed by atoms with van der Waals surface area (Å²) in [4.78, 5) is 12.5. The second-order valence-corrected chi connectivity index (χ2v) is 13.9. The van der Waals surface area contributed by atoms with Gasteiger partial charge in [0.2, 0.25) is 8.32 Å².